The fourth-order valence-electron chi connectivity index (χ4n) is 4.58. The summed E-state index contributed by atoms with van der Waals surface area (Å²) >= 11 is 0. The van der Waals surface area contributed by atoms with Crippen molar-refractivity contribution >= 4 is 16.8 Å². The maximum Gasteiger partial charge on any atom is 0.267 e. The molecule has 5 rings (SSSR count). The largest absolute Gasteiger partial charge is 0.364 e. The number of carbonyl (C=O) groups is 1. The molecule has 10 nitrogen and oxygen atoms in total. The van der Waals surface area contributed by atoms with Gasteiger partial charge < -0.3 is 5.73 Å². The second kappa shape index (κ2) is 7.53. The first-order valence-electron chi connectivity index (χ1n) is 10.4. The number of nitrogens with zero attached hydrogens (tertiary/aromatic N) is 8. The minimum atomic E-state index is -0.575. The smallest absolute Gasteiger partial charge is 0.267 e. The van der Waals surface area contributed by atoms with Crippen molar-refractivity contribution in [3.63, 3.8) is 0 Å². The highest BCUT2D eigenvalue weighted by Crippen LogP contribution is 2.45. The third-order valence-electron chi connectivity index (χ3n) is 6.24. The van der Waals surface area contributed by atoms with E-state index in [1.54, 1.807) is 30.4 Å². The average Bonchev–Trinajstić information content (AvgIpc) is 3.42. The number of rotatable bonds is 5. The molecule has 0 atom stereocenters. The van der Waals surface area contributed by atoms with E-state index in [2.05, 4.69) is 27.3 Å². The summed E-state index contributed by atoms with van der Waals surface area (Å²) in [5, 5.41) is 32.8. The van der Waals surface area contributed by atoms with E-state index in [9.17, 15) is 15.3 Å². The van der Waals surface area contributed by atoms with Gasteiger partial charge in [-0.2, -0.15) is 30.6 Å². The Morgan fingerprint density at radius 2 is 2.06 bits per heavy atom. The van der Waals surface area contributed by atoms with Crippen LogP contribution in [0.15, 0.2) is 42.9 Å². The van der Waals surface area contributed by atoms with Crippen molar-refractivity contribution in [1.82, 2.24) is 29.8 Å². The van der Waals surface area contributed by atoms with E-state index in [1.165, 1.54) is 4.68 Å². The summed E-state index contributed by atoms with van der Waals surface area (Å²) in [4.78, 5) is 18.1. The van der Waals surface area contributed by atoms with Gasteiger partial charge in [0, 0.05) is 29.8 Å². The molecule has 4 aromatic rings. The lowest BCUT2D eigenvalue weighted by atomic mass is 9.68. The molecule has 0 radical (unpaired) electrons. The quantitative estimate of drug-likeness (QED) is 0.503. The van der Waals surface area contributed by atoms with E-state index in [0.717, 1.165) is 22.0 Å². The number of hydrogen-bond acceptors (Lipinski definition) is 7. The van der Waals surface area contributed by atoms with Crippen LogP contribution in [0.3, 0.4) is 0 Å². The van der Waals surface area contributed by atoms with Crippen LogP contribution in [0.2, 0.25) is 0 Å². The lowest BCUT2D eigenvalue weighted by molar-refractivity contribution is 0.0713. The zero-order valence-electron chi connectivity index (χ0n) is 17.8. The minimum Gasteiger partial charge on any atom is -0.364 e. The van der Waals surface area contributed by atoms with Crippen molar-refractivity contribution in [2.45, 2.75) is 24.8 Å². The topological polar surface area (TPSA) is 152 Å². The summed E-state index contributed by atoms with van der Waals surface area (Å²) in [5.41, 5.74) is 8.76. The Morgan fingerprint density at radius 3 is 2.79 bits per heavy atom. The van der Waals surface area contributed by atoms with Crippen LogP contribution in [-0.4, -0.2) is 35.7 Å². The third-order valence-corrected chi connectivity index (χ3v) is 6.24. The second-order valence-corrected chi connectivity index (χ2v) is 8.30. The normalized spacial score (nSPS) is 19.5. The molecule has 162 valence electrons. The Kier molecular flexibility index (Phi) is 4.64. The van der Waals surface area contributed by atoms with E-state index in [-0.39, 0.29) is 12.3 Å². The van der Waals surface area contributed by atoms with Gasteiger partial charge >= 0.3 is 0 Å². The van der Waals surface area contributed by atoms with Gasteiger partial charge in [0.1, 0.15) is 11.4 Å². The maximum atomic E-state index is 12.0. The van der Waals surface area contributed by atoms with Gasteiger partial charge in [0.15, 0.2) is 0 Å². The van der Waals surface area contributed by atoms with Crippen LogP contribution in [0.1, 0.15) is 29.8 Å². The van der Waals surface area contributed by atoms with E-state index >= 15 is 0 Å². The molecule has 10 heteroatoms. The molecule has 1 aliphatic carbocycles. The van der Waals surface area contributed by atoms with Crippen LogP contribution in [0.4, 0.5) is 0 Å². The number of aryl methyl sites for hydroxylation is 1. The Labute approximate surface area is 188 Å². The fourth-order valence-corrected chi connectivity index (χ4v) is 4.58. The molecule has 0 unspecified atom stereocenters. The van der Waals surface area contributed by atoms with Crippen LogP contribution < -0.4 is 5.73 Å². The molecule has 1 fully saturated rings. The average molecular weight is 437 g/mol. The second-order valence-electron chi connectivity index (χ2n) is 8.30. The number of carbonyl (C=O) groups excluding carboxylic acids is 1. The zero-order chi connectivity index (χ0) is 23.2. The van der Waals surface area contributed by atoms with Gasteiger partial charge in [0.25, 0.3) is 5.91 Å². The molecule has 3 aromatic heterocycles. The van der Waals surface area contributed by atoms with Crippen LogP contribution in [-0.2, 0) is 12.6 Å². The molecule has 1 saturated carbocycles. The molecular weight excluding hydrogens is 418 g/mol. The lowest BCUT2D eigenvalue weighted by Crippen LogP contribution is -2.47. The van der Waals surface area contributed by atoms with Crippen LogP contribution in [0.5, 0.6) is 0 Å². The standard InChI is InChI=1S/C23H19N9O/c1-31-21(22(26)33)18(12-28-31)15-7-17(16-3-2-6-27-19(16)8-15)20-13-29-32(30-20)23(4-5-24)9-14(10-23)11-25/h2-3,6-8,12-14H,4,9-10H2,1H3,(H2,26,33)/t14-,23-. The van der Waals surface area contributed by atoms with Crippen molar-refractivity contribution in [3.8, 4) is 34.5 Å². The number of nitriles is 2. The Bertz CT molecular complexity index is 1480. The van der Waals surface area contributed by atoms with E-state index in [0.29, 0.717) is 29.8 Å². The number of primary amides is 1. The van der Waals surface area contributed by atoms with Crippen LogP contribution in [0.25, 0.3) is 33.3 Å². The Hall–Kier alpha value is -4.57. The number of hydrogen-bond donors (Lipinski definition) is 1. The summed E-state index contributed by atoms with van der Waals surface area (Å²) in [6, 6.07) is 12.0. The highest BCUT2D eigenvalue weighted by atomic mass is 16.1. The van der Waals surface area contributed by atoms with Crippen molar-refractivity contribution in [2.75, 3.05) is 0 Å². The molecule has 0 saturated heterocycles. The molecule has 0 aliphatic heterocycles. The summed E-state index contributed by atoms with van der Waals surface area (Å²) < 4.78 is 1.45. The fraction of sp³-hybridized carbons (Fsp3) is 0.261. The van der Waals surface area contributed by atoms with Gasteiger partial charge in [-0.25, -0.2) is 0 Å². The summed E-state index contributed by atoms with van der Waals surface area (Å²) in [5.74, 6) is -0.673. The number of benzene rings is 1. The Morgan fingerprint density at radius 1 is 1.24 bits per heavy atom. The molecule has 1 aliphatic rings. The minimum absolute atomic E-state index is 0.0982. The number of pyridine rings is 1. The molecule has 2 N–H and O–H groups in total. The monoisotopic (exact) mass is 437 g/mol. The van der Waals surface area contributed by atoms with Gasteiger partial charge in [0.05, 0.1) is 47.9 Å². The number of amides is 1. The number of nitrogens with two attached hydrogens (primary N) is 1. The predicted molar refractivity (Wildman–Crippen MR) is 118 cm³/mol. The molecule has 0 spiro atoms. The summed E-state index contributed by atoms with van der Waals surface area (Å²) in [6.45, 7) is 0. The molecule has 33 heavy (non-hydrogen) atoms. The molecule has 3 heterocycles. The van der Waals surface area contributed by atoms with Crippen LogP contribution >= 0.6 is 0 Å². The zero-order valence-corrected chi connectivity index (χ0v) is 17.8. The summed E-state index contributed by atoms with van der Waals surface area (Å²) in [6.07, 6.45) is 6.28. The van der Waals surface area contributed by atoms with Gasteiger partial charge in [-0.3, -0.25) is 14.5 Å². The third kappa shape index (κ3) is 3.20. The van der Waals surface area contributed by atoms with Gasteiger partial charge in [-0.05, 0) is 36.6 Å². The Balaban J connectivity index is 1.65. The highest BCUT2D eigenvalue weighted by Gasteiger charge is 2.48. The van der Waals surface area contributed by atoms with E-state index < -0.39 is 11.4 Å². The number of fused-ring (bicyclic) bond motifs is 1. The molecule has 0 bridgehead atoms. The SMILES string of the molecule is Cn1ncc(-c2cc(-c3cnn([C@]4(CC#N)C[C@@H](C#N)C4)n3)c3cccnc3c2)c1C(N)=O. The number of aromatic nitrogens is 6. The summed E-state index contributed by atoms with van der Waals surface area (Å²) in [7, 11) is 1.66. The first-order valence-corrected chi connectivity index (χ1v) is 10.4. The van der Waals surface area contributed by atoms with Crippen LogP contribution in [0, 0.1) is 28.6 Å². The van der Waals surface area contributed by atoms with Crippen molar-refractivity contribution in [2.24, 2.45) is 18.7 Å². The predicted octanol–water partition coefficient (Wildman–Crippen LogP) is 2.54. The van der Waals surface area contributed by atoms with E-state index in [1.807, 2.05) is 24.3 Å². The van der Waals surface area contributed by atoms with Gasteiger partial charge in [-0.15, -0.1) is 0 Å². The molecule has 1 aromatic carbocycles. The maximum absolute atomic E-state index is 12.0. The highest BCUT2D eigenvalue weighted by molar-refractivity contribution is 6.02. The van der Waals surface area contributed by atoms with Gasteiger partial charge in [-0.1, -0.05) is 6.07 Å². The molecular formula is C23H19N9O. The van der Waals surface area contributed by atoms with Crippen molar-refractivity contribution in [3.05, 3.63) is 48.5 Å². The van der Waals surface area contributed by atoms with E-state index in [4.69, 9.17) is 10.8 Å². The lowest BCUT2D eigenvalue weighted by Gasteiger charge is -2.42. The molecule has 1 amide bonds. The first kappa shape index (κ1) is 20.3. The van der Waals surface area contributed by atoms with Gasteiger partial charge in [0.2, 0.25) is 0 Å². The van der Waals surface area contributed by atoms with Crippen molar-refractivity contribution in [1.29, 1.82) is 10.5 Å². The first-order chi connectivity index (χ1) is 16.0. The van der Waals surface area contributed by atoms with Crippen molar-refractivity contribution < 1.29 is 4.79 Å².